The first-order valence-corrected chi connectivity index (χ1v) is 5.43. The summed E-state index contributed by atoms with van der Waals surface area (Å²) in [6.45, 7) is 8.05. The van der Waals surface area contributed by atoms with E-state index in [1.807, 2.05) is 6.92 Å². The number of nitrogens with two attached hydrogens (primary N) is 1. The van der Waals surface area contributed by atoms with E-state index in [0.29, 0.717) is 0 Å². The molecular weight excluding hydrogens is 178 g/mol. The molecule has 1 aromatic heterocycles. The maximum atomic E-state index is 6.06. The molecule has 1 rings (SSSR count). The summed E-state index contributed by atoms with van der Waals surface area (Å²) < 4.78 is 0. The van der Waals surface area contributed by atoms with Gasteiger partial charge in [0, 0.05) is 10.9 Å². The second-order valence-electron chi connectivity index (χ2n) is 3.57. The summed E-state index contributed by atoms with van der Waals surface area (Å²) in [7, 11) is 0. The van der Waals surface area contributed by atoms with Gasteiger partial charge < -0.3 is 5.73 Å². The molecule has 1 unspecified atom stereocenters. The van der Waals surface area contributed by atoms with E-state index in [9.17, 15) is 0 Å². The molecule has 1 nitrogen and oxygen atoms in total. The Morgan fingerprint density at radius 2 is 2.38 bits per heavy atom. The molecule has 0 saturated carbocycles. The standard InChI is InChI=1S/C11H17NS/c1-8(2)4-5-10(12)11-9(3)6-7-13-11/h6-7,10H,1,4-5,12H2,2-3H3. The van der Waals surface area contributed by atoms with E-state index >= 15 is 0 Å². The van der Waals surface area contributed by atoms with Crippen LogP contribution in [0.5, 0.6) is 0 Å². The van der Waals surface area contributed by atoms with Gasteiger partial charge in [0.2, 0.25) is 0 Å². The van der Waals surface area contributed by atoms with Crippen LogP contribution in [0.1, 0.15) is 36.2 Å². The van der Waals surface area contributed by atoms with Gasteiger partial charge in [0.25, 0.3) is 0 Å². The zero-order chi connectivity index (χ0) is 9.84. The first-order valence-electron chi connectivity index (χ1n) is 4.55. The Morgan fingerprint density at radius 1 is 1.69 bits per heavy atom. The summed E-state index contributed by atoms with van der Waals surface area (Å²) in [5.74, 6) is 0. The fourth-order valence-corrected chi connectivity index (χ4v) is 2.26. The van der Waals surface area contributed by atoms with Crippen molar-refractivity contribution in [1.82, 2.24) is 0 Å². The Hall–Kier alpha value is -0.600. The number of allylic oxidation sites excluding steroid dienone is 1. The maximum Gasteiger partial charge on any atom is 0.0395 e. The van der Waals surface area contributed by atoms with Crippen LogP contribution in [0.3, 0.4) is 0 Å². The lowest BCUT2D eigenvalue weighted by molar-refractivity contribution is 0.657. The second kappa shape index (κ2) is 4.58. The summed E-state index contributed by atoms with van der Waals surface area (Å²) in [5, 5.41) is 2.10. The van der Waals surface area contributed by atoms with Crippen molar-refractivity contribution in [3.05, 3.63) is 34.0 Å². The third-order valence-corrected chi connectivity index (χ3v) is 3.27. The molecule has 1 aromatic rings. The molecule has 0 aliphatic carbocycles. The molecule has 2 heteroatoms. The molecule has 0 aliphatic heterocycles. The molecule has 0 fully saturated rings. The van der Waals surface area contributed by atoms with Crippen molar-refractivity contribution < 1.29 is 0 Å². The molecule has 0 amide bonds. The van der Waals surface area contributed by atoms with Gasteiger partial charge >= 0.3 is 0 Å². The molecule has 13 heavy (non-hydrogen) atoms. The van der Waals surface area contributed by atoms with Crippen LogP contribution in [0.2, 0.25) is 0 Å². The van der Waals surface area contributed by atoms with Crippen molar-refractivity contribution in [2.75, 3.05) is 0 Å². The average molecular weight is 195 g/mol. The lowest BCUT2D eigenvalue weighted by Gasteiger charge is -2.10. The minimum Gasteiger partial charge on any atom is -0.323 e. The first kappa shape index (κ1) is 10.5. The average Bonchev–Trinajstić information content (AvgIpc) is 2.47. The maximum absolute atomic E-state index is 6.06. The van der Waals surface area contributed by atoms with Crippen molar-refractivity contribution in [3.8, 4) is 0 Å². The van der Waals surface area contributed by atoms with Gasteiger partial charge in [0.05, 0.1) is 0 Å². The van der Waals surface area contributed by atoms with Gasteiger partial charge in [-0.25, -0.2) is 0 Å². The highest BCUT2D eigenvalue weighted by atomic mass is 32.1. The van der Waals surface area contributed by atoms with Crippen molar-refractivity contribution in [1.29, 1.82) is 0 Å². The molecule has 0 bridgehead atoms. The van der Waals surface area contributed by atoms with Gasteiger partial charge in [-0.3, -0.25) is 0 Å². The molecule has 2 N–H and O–H groups in total. The Balaban J connectivity index is 2.53. The summed E-state index contributed by atoms with van der Waals surface area (Å²) in [5.41, 5.74) is 8.59. The largest absolute Gasteiger partial charge is 0.323 e. The quantitative estimate of drug-likeness (QED) is 0.732. The normalized spacial score (nSPS) is 12.8. The van der Waals surface area contributed by atoms with Crippen LogP contribution in [0.25, 0.3) is 0 Å². The van der Waals surface area contributed by atoms with Gasteiger partial charge in [-0.05, 0) is 43.7 Å². The zero-order valence-electron chi connectivity index (χ0n) is 8.34. The lowest BCUT2D eigenvalue weighted by Crippen LogP contribution is -2.09. The summed E-state index contributed by atoms with van der Waals surface area (Å²) in [6.07, 6.45) is 2.04. The summed E-state index contributed by atoms with van der Waals surface area (Å²) in [4.78, 5) is 1.32. The zero-order valence-corrected chi connectivity index (χ0v) is 9.16. The van der Waals surface area contributed by atoms with Crippen molar-refractivity contribution in [2.24, 2.45) is 5.73 Å². The molecule has 1 atom stereocenters. The van der Waals surface area contributed by atoms with E-state index in [0.717, 1.165) is 12.8 Å². The van der Waals surface area contributed by atoms with E-state index in [4.69, 9.17) is 5.73 Å². The molecule has 0 spiro atoms. The SMILES string of the molecule is C=C(C)CCC(N)c1sccc1C. The lowest BCUT2D eigenvalue weighted by atomic mass is 10.1. The predicted octanol–water partition coefficient (Wildman–Crippen LogP) is 3.41. The van der Waals surface area contributed by atoms with Gasteiger partial charge in [-0.1, -0.05) is 5.57 Å². The smallest absolute Gasteiger partial charge is 0.0395 e. The van der Waals surface area contributed by atoms with Crippen molar-refractivity contribution in [2.45, 2.75) is 32.7 Å². The summed E-state index contributed by atoms with van der Waals surface area (Å²) >= 11 is 1.75. The highest BCUT2D eigenvalue weighted by Crippen LogP contribution is 2.25. The fraction of sp³-hybridized carbons (Fsp3) is 0.455. The van der Waals surface area contributed by atoms with Crippen molar-refractivity contribution in [3.63, 3.8) is 0 Å². The van der Waals surface area contributed by atoms with Crippen LogP contribution in [0, 0.1) is 6.92 Å². The van der Waals surface area contributed by atoms with Gasteiger partial charge in [-0.15, -0.1) is 17.9 Å². The second-order valence-corrected chi connectivity index (χ2v) is 4.52. The van der Waals surface area contributed by atoms with Crippen molar-refractivity contribution >= 4 is 11.3 Å². The Labute approximate surface area is 84.3 Å². The van der Waals surface area contributed by atoms with E-state index in [1.54, 1.807) is 11.3 Å². The Kier molecular flexibility index (Phi) is 3.70. The van der Waals surface area contributed by atoms with Gasteiger partial charge in [0.15, 0.2) is 0 Å². The topological polar surface area (TPSA) is 26.0 Å². The fourth-order valence-electron chi connectivity index (χ4n) is 1.30. The molecule has 1 heterocycles. The van der Waals surface area contributed by atoms with E-state index in [-0.39, 0.29) is 6.04 Å². The monoisotopic (exact) mass is 195 g/mol. The predicted molar refractivity (Wildman–Crippen MR) is 60.0 cm³/mol. The van der Waals surface area contributed by atoms with E-state index in [1.165, 1.54) is 16.0 Å². The van der Waals surface area contributed by atoms with Crippen LogP contribution < -0.4 is 5.73 Å². The van der Waals surface area contributed by atoms with Crippen LogP contribution in [0.4, 0.5) is 0 Å². The third-order valence-electron chi connectivity index (χ3n) is 2.12. The highest BCUT2D eigenvalue weighted by Gasteiger charge is 2.09. The number of rotatable bonds is 4. The van der Waals surface area contributed by atoms with Crippen LogP contribution in [-0.2, 0) is 0 Å². The Bertz CT molecular complexity index is 288. The number of thiophene rings is 1. The highest BCUT2D eigenvalue weighted by molar-refractivity contribution is 7.10. The molecule has 0 aliphatic rings. The summed E-state index contributed by atoms with van der Waals surface area (Å²) in [6, 6.07) is 2.32. The minimum atomic E-state index is 0.191. The third kappa shape index (κ3) is 2.98. The molecule has 72 valence electrons. The van der Waals surface area contributed by atoms with Crippen LogP contribution >= 0.6 is 11.3 Å². The first-order chi connectivity index (χ1) is 6.11. The number of hydrogen-bond acceptors (Lipinski definition) is 2. The molecule has 0 radical (unpaired) electrons. The molecule has 0 aromatic carbocycles. The Morgan fingerprint density at radius 3 is 2.85 bits per heavy atom. The van der Waals surface area contributed by atoms with Crippen LogP contribution in [0.15, 0.2) is 23.6 Å². The van der Waals surface area contributed by atoms with E-state index in [2.05, 4.69) is 24.9 Å². The minimum absolute atomic E-state index is 0.191. The molecular formula is C11H17NS. The van der Waals surface area contributed by atoms with Crippen LogP contribution in [-0.4, -0.2) is 0 Å². The van der Waals surface area contributed by atoms with Gasteiger partial charge in [-0.2, -0.15) is 0 Å². The number of aryl methyl sites for hydroxylation is 1. The molecule has 0 saturated heterocycles. The van der Waals surface area contributed by atoms with Gasteiger partial charge in [0.1, 0.15) is 0 Å². The number of hydrogen-bond donors (Lipinski definition) is 1. The van der Waals surface area contributed by atoms with E-state index < -0.39 is 0 Å².